The van der Waals surface area contributed by atoms with E-state index in [0.717, 1.165) is 0 Å². The number of rotatable bonds is 60. The van der Waals surface area contributed by atoms with Crippen molar-refractivity contribution in [3.63, 3.8) is 0 Å². The normalized spacial score (nSPS) is 10.8. The van der Waals surface area contributed by atoms with Gasteiger partial charge in [0.2, 0.25) is 70.9 Å². The van der Waals surface area contributed by atoms with Crippen LogP contribution in [0, 0.1) is 5.41 Å². The fourth-order valence-corrected chi connectivity index (χ4v) is 9.86. The van der Waals surface area contributed by atoms with Gasteiger partial charge in [0.1, 0.15) is 46.5 Å². The zero-order valence-corrected chi connectivity index (χ0v) is 62.6. The van der Waals surface area contributed by atoms with Gasteiger partial charge in [-0.05, 0) is 99.9 Å². The molecule has 4 aromatic heterocycles. The van der Waals surface area contributed by atoms with E-state index in [1.807, 2.05) is 0 Å². The summed E-state index contributed by atoms with van der Waals surface area (Å²) in [6.07, 6.45) is 0.146. The lowest BCUT2D eigenvalue weighted by atomic mass is 9.92. The predicted octanol–water partition coefficient (Wildman–Crippen LogP) is 4.09. The maximum Gasteiger partial charge on any atom is 0.303 e. The molecule has 12 amide bonds. The minimum atomic E-state index is -1.35. The van der Waals surface area contributed by atoms with Crippen molar-refractivity contribution < 1.29 is 116 Å². The van der Waals surface area contributed by atoms with Crippen molar-refractivity contribution in [3.05, 3.63) is 72.8 Å². The fourth-order valence-electron chi connectivity index (χ4n) is 9.86. The largest absolute Gasteiger partial charge is 0.481 e. The van der Waals surface area contributed by atoms with Crippen molar-refractivity contribution >= 4 is 141 Å². The maximum atomic E-state index is 13.4. The van der Waals surface area contributed by atoms with Crippen LogP contribution in [0.25, 0.3) is 0 Å². The Kier molecular flexibility index (Phi) is 45.1. The number of carboxylic acids is 4. The molecule has 16 N–H and O–H groups in total. The van der Waals surface area contributed by atoms with Crippen LogP contribution in [0.15, 0.2) is 72.8 Å². The number of carbonyl (C=O) groups is 16. The molecule has 0 aromatic carbocycles. The number of carbonyl (C=O) groups excluding carboxylic acids is 12. The average Bonchev–Trinajstić information content (AvgIpc) is 0.849. The third-order valence-corrected chi connectivity index (χ3v) is 15.5. The number of amides is 12. The summed E-state index contributed by atoms with van der Waals surface area (Å²) >= 11 is 0. The van der Waals surface area contributed by atoms with Gasteiger partial charge in [-0.2, -0.15) is 0 Å². The van der Waals surface area contributed by atoms with Gasteiger partial charge in [-0.1, -0.05) is 24.3 Å². The van der Waals surface area contributed by atoms with Gasteiger partial charge in [-0.15, -0.1) is 0 Å². The molecule has 0 aliphatic heterocycles. The second-order valence-corrected chi connectivity index (χ2v) is 25.5. The minimum absolute atomic E-state index is 0.0168. The van der Waals surface area contributed by atoms with E-state index in [-0.39, 0.29) is 303 Å². The molecule has 0 bridgehead atoms. The molecule has 616 valence electrons. The Labute approximate surface area is 650 Å². The van der Waals surface area contributed by atoms with E-state index in [1.54, 1.807) is 0 Å². The highest BCUT2D eigenvalue weighted by Gasteiger charge is 2.33. The van der Waals surface area contributed by atoms with Crippen LogP contribution in [0.3, 0.4) is 0 Å². The molecule has 0 saturated heterocycles. The number of hydrogen-bond donors (Lipinski definition) is 16. The molecule has 0 spiro atoms. The number of anilines is 8. The first-order valence-electron chi connectivity index (χ1n) is 36.7. The summed E-state index contributed by atoms with van der Waals surface area (Å²) in [4.78, 5) is 213. The van der Waals surface area contributed by atoms with Crippen LogP contribution < -0.4 is 63.8 Å². The third-order valence-electron chi connectivity index (χ3n) is 15.5. The number of aromatic nitrogens is 4. The van der Waals surface area contributed by atoms with Gasteiger partial charge in [0, 0.05) is 103 Å². The van der Waals surface area contributed by atoms with Gasteiger partial charge < -0.3 is 103 Å². The average molecular weight is 1590 g/mol. The summed E-state index contributed by atoms with van der Waals surface area (Å²) in [5.41, 5.74) is -1.35. The summed E-state index contributed by atoms with van der Waals surface area (Å²) in [5.74, 6) is -8.82. The van der Waals surface area contributed by atoms with Crippen LogP contribution in [-0.4, -0.2) is 214 Å². The van der Waals surface area contributed by atoms with Crippen molar-refractivity contribution in [3.8, 4) is 0 Å². The van der Waals surface area contributed by atoms with E-state index >= 15 is 0 Å². The number of ether oxygens (including phenoxy) is 4. The van der Waals surface area contributed by atoms with Gasteiger partial charge in [0.15, 0.2) is 0 Å². The molecule has 4 rings (SSSR count). The predicted molar refractivity (Wildman–Crippen MR) is 405 cm³/mol. The molecule has 0 saturated carbocycles. The molecule has 0 unspecified atom stereocenters. The van der Waals surface area contributed by atoms with Crippen LogP contribution in [0.2, 0.25) is 0 Å². The second-order valence-electron chi connectivity index (χ2n) is 25.5. The Morgan fingerprint density at radius 2 is 0.407 bits per heavy atom. The van der Waals surface area contributed by atoms with Crippen LogP contribution in [-0.2, 0) is 95.7 Å². The monoisotopic (exact) mass is 1580 g/mol. The zero-order chi connectivity index (χ0) is 82.4. The lowest BCUT2D eigenvalue weighted by Crippen LogP contribution is -2.42. The Hall–Kier alpha value is -12.0. The summed E-state index contributed by atoms with van der Waals surface area (Å²) in [7, 11) is 0. The molecule has 0 radical (unpaired) electrons. The van der Waals surface area contributed by atoms with Crippen LogP contribution in [0.5, 0.6) is 0 Å². The number of aliphatic carboxylic acids is 4. The quantitative estimate of drug-likeness (QED) is 0.0277. The van der Waals surface area contributed by atoms with Gasteiger partial charge in [0.25, 0.3) is 0 Å². The van der Waals surface area contributed by atoms with Crippen LogP contribution >= 0.6 is 0 Å². The van der Waals surface area contributed by atoms with Crippen molar-refractivity contribution in [2.24, 2.45) is 5.41 Å². The van der Waals surface area contributed by atoms with E-state index in [1.165, 1.54) is 72.8 Å². The summed E-state index contributed by atoms with van der Waals surface area (Å²) in [6.45, 7) is -1.40. The Balaban J connectivity index is 1.47. The van der Waals surface area contributed by atoms with Gasteiger partial charge in [0.05, 0.1) is 84.0 Å². The van der Waals surface area contributed by atoms with E-state index < -0.39 is 76.5 Å². The first-order valence-corrected chi connectivity index (χ1v) is 36.7. The summed E-state index contributed by atoms with van der Waals surface area (Å²) < 4.78 is 24.6. The number of carboxylic acid groups (broad SMARTS) is 4. The van der Waals surface area contributed by atoms with Crippen molar-refractivity contribution in [2.75, 3.05) is 122 Å². The fraction of sp³-hybridized carbons (Fsp3) is 0.507. The first kappa shape index (κ1) is 93.3. The van der Waals surface area contributed by atoms with Crippen molar-refractivity contribution in [1.82, 2.24) is 41.2 Å². The summed E-state index contributed by atoms with van der Waals surface area (Å²) in [6, 6.07) is 18.0. The summed E-state index contributed by atoms with van der Waals surface area (Å²) in [5, 5.41) is 66.6. The molecule has 40 nitrogen and oxygen atoms in total. The lowest BCUT2D eigenvalue weighted by molar-refractivity contribution is -0.138. The van der Waals surface area contributed by atoms with Crippen LogP contribution in [0.1, 0.15) is 154 Å². The van der Waals surface area contributed by atoms with E-state index in [4.69, 9.17) is 39.4 Å². The molecular formula is C73H100N16O24. The molecule has 0 aliphatic carbocycles. The molecule has 4 aromatic rings. The smallest absolute Gasteiger partial charge is 0.303 e. The maximum absolute atomic E-state index is 13.4. The Bertz CT molecular complexity index is 3340. The highest BCUT2D eigenvalue weighted by Crippen LogP contribution is 2.23. The topological polar surface area (TPSA) is 587 Å². The molecular weight excluding hydrogens is 1480 g/mol. The van der Waals surface area contributed by atoms with E-state index in [9.17, 15) is 76.7 Å². The SMILES string of the molecule is O=C(O)CCCNC(=O)CCCC(=O)Nc1cccc(NC(=O)CCOCC(COCCC(=O)Nc2cccc(NC(=O)CCCC(=O)NCCCC(=O)O)n2)(COCCC(=O)Nc2cccc(NC(=O)CCCC(=O)NCCCC(=O)O)n2)COCCC(=O)Nc2cccc(NC(=O)CCCC(=O)NCCCC(=O)O)n2)n1. The number of nitrogens with zero attached hydrogens (tertiary/aromatic N) is 4. The third kappa shape index (κ3) is 46.3. The van der Waals surface area contributed by atoms with Crippen molar-refractivity contribution in [2.45, 2.75) is 154 Å². The van der Waals surface area contributed by atoms with Gasteiger partial charge in [-0.3, -0.25) is 76.7 Å². The number of nitrogens with one attached hydrogen (secondary N) is 12. The lowest BCUT2D eigenvalue weighted by Gasteiger charge is -2.33. The molecule has 40 heteroatoms. The standard InChI is InChI=1S/C73H100N16O24/c90-57(74-37-9-29-69(102)103)21-5-25-61(94)82-49-13-1-17-53(78-49)86-65(98)33-41-110-45-73(46-111-42-34-66(99)87-54-18-2-14-50(79-54)83-62(95)26-6-22-58(91)75-38-10-30-70(104)105,47-112-43-35-67(100)88-55-19-3-15-51(80-55)84-63(96)27-7-23-59(92)76-39-11-31-71(106)107)48-113-44-36-68(101)89-56-20-4-16-52(81-56)85-64(97)28-8-24-60(93)77-40-12-32-72(108)109/h1-4,13-20H,5-12,21-48H2,(H,74,90)(H,75,91)(H,76,92)(H,77,93)(H,102,103)(H,104,105)(H,106,107)(H,108,109)(H2,78,82,86,94,98)(H2,79,83,87,95,99)(H2,80,84,88,96,100)(H2,81,85,89,97,101). The Morgan fingerprint density at radius 1 is 0.239 bits per heavy atom. The molecule has 113 heavy (non-hydrogen) atoms. The number of pyridine rings is 4. The zero-order valence-electron chi connectivity index (χ0n) is 62.6. The Morgan fingerprint density at radius 3 is 0.584 bits per heavy atom. The van der Waals surface area contributed by atoms with Gasteiger partial charge >= 0.3 is 23.9 Å². The first-order chi connectivity index (χ1) is 54.2. The van der Waals surface area contributed by atoms with E-state index in [0.29, 0.717) is 0 Å². The van der Waals surface area contributed by atoms with Crippen molar-refractivity contribution in [1.29, 1.82) is 0 Å². The van der Waals surface area contributed by atoms with E-state index in [2.05, 4.69) is 83.7 Å². The van der Waals surface area contributed by atoms with Crippen LogP contribution in [0.4, 0.5) is 46.5 Å². The molecule has 4 heterocycles. The highest BCUT2D eigenvalue weighted by atomic mass is 16.5. The molecule has 0 aliphatic rings. The minimum Gasteiger partial charge on any atom is -0.481 e. The van der Waals surface area contributed by atoms with Gasteiger partial charge in [-0.25, -0.2) is 19.9 Å². The highest BCUT2D eigenvalue weighted by molar-refractivity contribution is 5.96. The molecule has 0 fully saturated rings. The number of hydrogen-bond acceptors (Lipinski definition) is 24. The molecule has 0 atom stereocenters. The second kappa shape index (κ2) is 54.6.